The van der Waals surface area contributed by atoms with Crippen LogP contribution in [0.1, 0.15) is 37.4 Å². The van der Waals surface area contributed by atoms with E-state index in [1.807, 2.05) is 12.1 Å². The summed E-state index contributed by atoms with van der Waals surface area (Å²) in [5.74, 6) is 0.658. The summed E-state index contributed by atoms with van der Waals surface area (Å²) in [5, 5.41) is 12.5. The molecule has 0 amide bonds. The first-order valence-corrected chi connectivity index (χ1v) is 7.15. The molecule has 19 heavy (non-hydrogen) atoms. The van der Waals surface area contributed by atoms with Crippen LogP contribution in [-0.2, 0) is 0 Å². The van der Waals surface area contributed by atoms with E-state index >= 15 is 0 Å². The minimum absolute atomic E-state index is 0.440. The molecule has 0 aliphatic carbocycles. The second-order valence-corrected chi connectivity index (χ2v) is 5.67. The molecule has 0 spiro atoms. The minimum Gasteiger partial charge on any atom is -0.314 e. The van der Waals surface area contributed by atoms with Crippen LogP contribution in [0.15, 0.2) is 24.3 Å². The van der Waals surface area contributed by atoms with Crippen molar-refractivity contribution in [2.24, 2.45) is 5.92 Å². The third kappa shape index (κ3) is 3.79. The van der Waals surface area contributed by atoms with Crippen LogP contribution >= 0.6 is 0 Å². The molecule has 3 heteroatoms. The molecule has 0 radical (unpaired) electrons. The van der Waals surface area contributed by atoms with Gasteiger partial charge in [0.15, 0.2) is 0 Å². The fourth-order valence-corrected chi connectivity index (χ4v) is 2.75. The lowest BCUT2D eigenvalue weighted by Gasteiger charge is -2.36. The van der Waals surface area contributed by atoms with Gasteiger partial charge in [-0.15, -0.1) is 0 Å². The van der Waals surface area contributed by atoms with E-state index in [1.165, 1.54) is 5.56 Å². The minimum atomic E-state index is 0.440. The van der Waals surface area contributed by atoms with Crippen molar-refractivity contribution < 1.29 is 0 Å². The van der Waals surface area contributed by atoms with E-state index in [4.69, 9.17) is 5.26 Å². The maximum absolute atomic E-state index is 9.06. The molecule has 1 fully saturated rings. The Kier molecular flexibility index (Phi) is 4.95. The monoisotopic (exact) mass is 257 g/mol. The molecule has 1 saturated heterocycles. The predicted molar refractivity (Wildman–Crippen MR) is 77.8 cm³/mol. The van der Waals surface area contributed by atoms with Gasteiger partial charge in [0, 0.05) is 32.2 Å². The first-order chi connectivity index (χ1) is 9.20. The highest BCUT2D eigenvalue weighted by atomic mass is 15.2. The van der Waals surface area contributed by atoms with Crippen molar-refractivity contribution in [3.63, 3.8) is 0 Å². The van der Waals surface area contributed by atoms with Crippen LogP contribution in [0.2, 0.25) is 0 Å². The number of nitrogens with one attached hydrogen (secondary N) is 1. The molecule has 0 bridgehead atoms. The van der Waals surface area contributed by atoms with E-state index in [9.17, 15) is 0 Å². The van der Waals surface area contributed by atoms with Crippen LogP contribution in [0.3, 0.4) is 0 Å². The molecule has 0 unspecified atom stereocenters. The molecule has 0 saturated carbocycles. The van der Waals surface area contributed by atoms with Gasteiger partial charge >= 0.3 is 0 Å². The van der Waals surface area contributed by atoms with E-state index in [0.717, 1.165) is 38.2 Å². The normalized spacial score (nSPS) is 18.2. The van der Waals surface area contributed by atoms with E-state index in [1.54, 1.807) is 0 Å². The third-order valence-electron chi connectivity index (χ3n) is 3.69. The Hall–Kier alpha value is -1.37. The molecule has 3 nitrogen and oxygen atoms in total. The van der Waals surface area contributed by atoms with Crippen molar-refractivity contribution in [3.05, 3.63) is 35.4 Å². The molecule has 1 atom stereocenters. The standard InChI is InChI=1S/C16H23N3/c1-13(2)10-16(19-8-6-18-7-9-19)15-5-3-4-14(11-15)12-17/h3-5,11,13,16,18H,6-10H2,1-2H3/t16-/m0/s1. The van der Waals surface area contributed by atoms with E-state index in [0.29, 0.717) is 12.0 Å². The average Bonchev–Trinajstić information content (AvgIpc) is 2.45. The van der Waals surface area contributed by atoms with Crippen LogP contribution in [0.5, 0.6) is 0 Å². The van der Waals surface area contributed by atoms with E-state index in [2.05, 4.69) is 42.3 Å². The van der Waals surface area contributed by atoms with Crippen LogP contribution in [0.4, 0.5) is 0 Å². The summed E-state index contributed by atoms with van der Waals surface area (Å²) in [6.07, 6.45) is 1.15. The lowest BCUT2D eigenvalue weighted by Crippen LogP contribution is -2.45. The van der Waals surface area contributed by atoms with Gasteiger partial charge in [-0.05, 0) is 30.0 Å². The second-order valence-electron chi connectivity index (χ2n) is 5.67. The molecule has 0 aromatic heterocycles. The first-order valence-electron chi connectivity index (χ1n) is 7.15. The quantitative estimate of drug-likeness (QED) is 0.901. The van der Waals surface area contributed by atoms with Crippen LogP contribution in [0.25, 0.3) is 0 Å². The summed E-state index contributed by atoms with van der Waals surface area (Å²) in [5.41, 5.74) is 2.05. The molecule has 1 heterocycles. The molecule has 1 N–H and O–H groups in total. The van der Waals surface area contributed by atoms with Gasteiger partial charge in [-0.2, -0.15) is 5.26 Å². The average molecular weight is 257 g/mol. The van der Waals surface area contributed by atoms with Gasteiger partial charge in [-0.1, -0.05) is 26.0 Å². The summed E-state index contributed by atoms with van der Waals surface area (Å²) >= 11 is 0. The zero-order valence-electron chi connectivity index (χ0n) is 11.9. The highest BCUT2D eigenvalue weighted by molar-refractivity contribution is 5.34. The Balaban J connectivity index is 2.22. The molecular weight excluding hydrogens is 234 g/mol. The van der Waals surface area contributed by atoms with Crippen LogP contribution in [-0.4, -0.2) is 31.1 Å². The molecular formula is C16H23N3. The molecule has 1 aliphatic heterocycles. The zero-order chi connectivity index (χ0) is 13.7. The Labute approximate surface area is 116 Å². The Morgan fingerprint density at radius 2 is 2.05 bits per heavy atom. The Morgan fingerprint density at radius 1 is 1.32 bits per heavy atom. The Bertz CT molecular complexity index is 442. The predicted octanol–water partition coefficient (Wildman–Crippen LogP) is 2.55. The molecule has 1 aromatic carbocycles. The lowest BCUT2D eigenvalue weighted by molar-refractivity contribution is 0.154. The highest BCUT2D eigenvalue weighted by Crippen LogP contribution is 2.28. The number of hydrogen-bond donors (Lipinski definition) is 1. The van der Waals surface area contributed by atoms with Gasteiger partial charge in [-0.3, -0.25) is 4.90 Å². The summed E-state index contributed by atoms with van der Waals surface area (Å²) in [7, 11) is 0. The smallest absolute Gasteiger partial charge is 0.0991 e. The Morgan fingerprint density at radius 3 is 2.68 bits per heavy atom. The molecule has 1 aliphatic rings. The number of hydrogen-bond acceptors (Lipinski definition) is 3. The fourth-order valence-electron chi connectivity index (χ4n) is 2.75. The fraction of sp³-hybridized carbons (Fsp3) is 0.562. The highest BCUT2D eigenvalue weighted by Gasteiger charge is 2.23. The number of piperazine rings is 1. The van der Waals surface area contributed by atoms with Crippen LogP contribution in [0, 0.1) is 17.2 Å². The summed E-state index contributed by atoms with van der Waals surface area (Å²) in [6, 6.07) is 10.8. The summed E-state index contributed by atoms with van der Waals surface area (Å²) < 4.78 is 0. The first kappa shape index (κ1) is 14.0. The van der Waals surface area contributed by atoms with Gasteiger partial charge in [0.25, 0.3) is 0 Å². The van der Waals surface area contributed by atoms with Crippen molar-refractivity contribution in [1.82, 2.24) is 10.2 Å². The number of rotatable bonds is 4. The maximum Gasteiger partial charge on any atom is 0.0991 e. The SMILES string of the molecule is CC(C)C[C@@H](c1cccc(C#N)c1)N1CCNCC1. The van der Waals surface area contributed by atoms with Crippen molar-refractivity contribution in [2.45, 2.75) is 26.3 Å². The topological polar surface area (TPSA) is 39.1 Å². The number of nitrogens with zero attached hydrogens (tertiary/aromatic N) is 2. The van der Waals surface area contributed by atoms with Crippen molar-refractivity contribution >= 4 is 0 Å². The zero-order valence-corrected chi connectivity index (χ0v) is 11.9. The maximum atomic E-state index is 9.06. The molecule has 1 aromatic rings. The molecule has 102 valence electrons. The summed E-state index contributed by atoms with van der Waals surface area (Å²) in [4.78, 5) is 2.55. The number of benzene rings is 1. The van der Waals surface area contributed by atoms with Gasteiger partial charge < -0.3 is 5.32 Å². The third-order valence-corrected chi connectivity index (χ3v) is 3.69. The van der Waals surface area contributed by atoms with Gasteiger partial charge in [0.05, 0.1) is 11.6 Å². The number of nitriles is 1. The van der Waals surface area contributed by atoms with Gasteiger partial charge in [0.1, 0.15) is 0 Å². The second kappa shape index (κ2) is 6.70. The van der Waals surface area contributed by atoms with Crippen molar-refractivity contribution in [1.29, 1.82) is 5.26 Å². The lowest BCUT2D eigenvalue weighted by atomic mass is 9.94. The van der Waals surface area contributed by atoms with Crippen molar-refractivity contribution in [2.75, 3.05) is 26.2 Å². The molecule has 2 rings (SSSR count). The van der Waals surface area contributed by atoms with Gasteiger partial charge in [0.2, 0.25) is 0 Å². The largest absolute Gasteiger partial charge is 0.314 e. The van der Waals surface area contributed by atoms with Gasteiger partial charge in [-0.25, -0.2) is 0 Å². The van der Waals surface area contributed by atoms with Crippen LogP contribution < -0.4 is 5.32 Å². The summed E-state index contributed by atoms with van der Waals surface area (Å²) in [6.45, 7) is 8.84. The van der Waals surface area contributed by atoms with E-state index in [-0.39, 0.29) is 0 Å². The van der Waals surface area contributed by atoms with Crippen molar-refractivity contribution in [3.8, 4) is 6.07 Å². The van der Waals surface area contributed by atoms with E-state index < -0.39 is 0 Å².